The van der Waals surface area contributed by atoms with E-state index in [0.29, 0.717) is 10.9 Å². The number of nitrogens with zero attached hydrogens (tertiary/aromatic N) is 1. The van der Waals surface area contributed by atoms with Gasteiger partial charge in [0.05, 0.1) is 0 Å². The van der Waals surface area contributed by atoms with Gasteiger partial charge in [0, 0.05) is 23.4 Å². The number of thiocarbonyl (C=S) groups is 1. The second-order valence-electron chi connectivity index (χ2n) is 5.60. The van der Waals surface area contributed by atoms with Crippen molar-refractivity contribution in [2.45, 2.75) is 26.2 Å². The summed E-state index contributed by atoms with van der Waals surface area (Å²) in [5.41, 5.74) is 7.43. The molecule has 2 aromatic rings. The Morgan fingerprint density at radius 1 is 1.15 bits per heavy atom. The van der Waals surface area contributed by atoms with Gasteiger partial charge in [-0.15, -0.1) is 0 Å². The van der Waals surface area contributed by atoms with Crippen LogP contribution in [0.5, 0.6) is 11.6 Å². The highest BCUT2D eigenvalue weighted by atomic mass is 32.1. The van der Waals surface area contributed by atoms with Crippen LogP contribution in [0.25, 0.3) is 0 Å². The second-order valence-corrected chi connectivity index (χ2v) is 6.04. The third kappa shape index (κ3) is 3.33. The summed E-state index contributed by atoms with van der Waals surface area (Å²) in [6.07, 6.45) is 1.62. The molecule has 104 valence electrons. The molecule has 2 rings (SSSR count). The lowest BCUT2D eigenvalue weighted by Crippen LogP contribution is -2.12. The number of ether oxygens (including phenoxy) is 1. The van der Waals surface area contributed by atoms with Crippen LogP contribution in [0, 0.1) is 0 Å². The summed E-state index contributed by atoms with van der Waals surface area (Å²) >= 11 is 4.90. The Hall–Kier alpha value is -1.94. The molecule has 0 aliphatic rings. The third-order valence-electron chi connectivity index (χ3n) is 2.93. The number of nitrogens with two attached hydrogens (primary N) is 1. The van der Waals surface area contributed by atoms with Crippen molar-refractivity contribution < 1.29 is 4.74 Å². The fourth-order valence-corrected chi connectivity index (χ4v) is 2.00. The van der Waals surface area contributed by atoms with E-state index in [0.717, 1.165) is 16.9 Å². The van der Waals surface area contributed by atoms with Gasteiger partial charge in [-0.05, 0) is 17.5 Å². The zero-order chi connectivity index (χ0) is 14.8. The summed E-state index contributed by atoms with van der Waals surface area (Å²) in [5, 5.41) is 0. The Kier molecular flexibility index (Phi) is 4.04. The summed E-state index contributed by atoms with van der Waals surface area (Å²) in [7, 11) is 0. The van der Waals surface area contributed by atoms with Crippen molar-refractivity contribution in [2.24, 2.45) is 5.73 Å². The number of benzene rings is 1. The standard InChI is InChI=1S/C16H18N2OS/c1-16(2,3)12-6-4-5-7-13(12)19-14-9-8-11(10-18-14)15(17)20/h4-10H,1-3H3,(H2,17,20). The van der Waals surface area contributed by atoms with Crippen LogP contribution in [0.2, 0.25) is 0 Å². The molecule has 0 fully saturated rings. The molecule has 0 aliphatic heterocycles. The normalized spacial score (nSPS) is 11.2. The van der Waals surface area contributed by atoms with Gasteiger partial charge in [0.15, 0.2) is 0 Å². The fraction of sp³-hybridized carbons (Fsp3) is 0.250. The van der Waals surface area contributed by atoms with Crippen LogP contribution < -0.4 is 10.5 Å². The lowest BCUT2D eigenvalue weighted by atomic mass is 9.86. The smallest absolute Gasteiger partial charge is 0.219 e. The van der Waals surface area contributed by atoms with E-state index in [2.05, 4.69) is 31.8 Å². The summed E-state index contributed by atoms with van der Waals surface area (Å²) < 4.78 is 5.88. The molecule has 0 aliphatic carbocycles. The van der Waals surface area contributed by atoms with Crippen molar-refractivity contribution in [3.05, 3.63) is 53.7 Å². The first-order valence-electron chi connectivity index (χ1n) is 6.41. The van der Waals surface area contributed by atoms with Gasteiger partial charge < -0.3 is 10.5 Å². The van der Waals surface area contributed by atoms with E-state index >= 15 is 0 Å². The highest BCUT2D eigenvalue weighted by Crippen LogP contribution is 2.33. The van der Waals surface area contributed by atoms with E-state index in [4.69, 9.17) is 22.7 Å². The number of hydrogen-bond acceptors (Lipinski definition) is 3. The van der Waals surface area contributed by atoms with E-state index in [1.807, 2.05) is 24.3 Å². The van der Waals surface area contributed by atoms with Crippen molar-refractivity contribution in [1.29, 1.82) is 0 Å². The topological polar surface area (TPSA) is 48.1 Å². The van der Waals surface area contributed by atoms with Crippen molar-refractivity contribution in [3.63, 3.8) is 0 Å². The Labute approximate surface area is 124 Å². The van der Waals surface area contributed by atoms with Gasteiger partial charge >= 0.3 is 0 Å². The Balaban J connectivity index is 2.28. The molecule has 1 aromatic carbocycles. The first-order chi connectivity index (χ1) is 9.38. The quantitative estimate of drug-likeness (QED) is 0.872. The summed E-state index contributed by atoms with van der Waals surface area (Å²) in [5.74, 6) is 1.34. The van der Waals surface area contributed by atoms with Crippen molar-refractivity contribution in [3.8, 4) is 11.6 Å². The molecule has 0 bridgehead atoms. The van der Waals surface area contributed by atoms with Gasteiger partial charge in [-0.1, -0.05) is 51.2 Å². The molecule has 3 nitrogen and oxygen atoms in total. The molecule has 0 radical (unpaired) electrons. The third-order valence-corrected chi connectivity index (χ3v) is 3.17. The molecule has 0 saturated heterocycles. The number of para-hydroxylation sites is 1. The van der Waals surface area contributed by atoms with Crippen molar-refractivity contribution in [2.75, 3.05) is 0 Å². The Morgan fingerprint density at radius 3 is 2.40 bits per heavy atom. The van der Waals surface area contributed by atoms with E-state index in [-0.39, 0.29) is 5.41 Å². The maximum atomic E-state index is 5.88. The van der Waals surface area contributed by atoms with Crippen LogP contribution in [0.15, 0.2) is 42.6 Å². The predicted octanol–water partition coefficient (Wildman–Crippen LogP) is 3.81. The molecule has 1 aromatic heterocycles. The van der Waals surface area contributed by atoms with Gasteiger partial charge in [-0.2, -0.15) is 0 Å². The monoisotopic (exact) mass is 286 g/mol. The molecule has 0 amide bonds. The van der Waals surface area contributed by atoms with Gasteiger partial charge in [0.1, 0.15) is 10.7 Å². The van der Waals surface area contributed by atoms with Crippen LogP contribution in [0.3, 0.4) is 0 Å². The minimum atomic E-state index is 0.00928. The highest BCUT2D eigenvalue weighted by Gasteiger charge is 2.18. The van der Waals surface area contributed by atoms with E-state index < -0.39 is 0 Å². The maximum absolute atomic E-state index is 5.88. The summed E-state index contributed by atoms with van der Waals surface area (Å²) in [6.45, 7) is 6.45. The summed E-state index contributed by atoms with van der Waals surface area (Å²) in [4.78, 5) is 4.56. The lowest BCUT2D eigenvalue weighted by Gasteiger charge is -2.22. The summed E-state index contributed by atoms with van der Waals surface area (Å²) in [6, 6.07) is 11.6. The van der Waals surface area contributed by atoms with Crippen LogP contribution >= 0.6 is 12.2 Å². The molecule has 0 spiro atoms. The highest BCUT2D eigenvalue weighted by molar-refractivity contribution is 7.80. The molecule has 1 heterocycles. The molecular formula is C16H18N2OS. The second kappa shape index (κ2) is 5.59. The average molecular weight is 286 g/mol. The van der Waals surface area contributed by atoms with Gasteiger partial charge in [-0.25, -0.2) is 4.98 Å². The van der Waals surface area contributed by atoms with E-state index in [1.54, 1.807) is 12.3 Å². The maximum Gasteiger partial charge on any atom is 0.219 e. The zero-order valence-electron chi connectivity index (χ0n) is 11.9. The van der Waals surface area contributed by atoms with Gasteiger partial charge in [-0.3, -0.25) is 0 Å². The number of aromatic nitrogens is 1. The number of pyridine rings is 1. The van der Waals surface area contributed by atoms with Crippen LogP contribution in [-0.2, 0) is 5.41 Å². The van der Waals surface area contributed by atoms with Crippen LogP contribution in [0.1, 0.15) is 31.9 Å². The van der Waals surface area contributed by atoms with Gasteiger partial charge in [0.2, 0.25) is 5.88 Å². The molecule has 4 heteroatoms. The molecule has 20 heavy (non-hydrogen) atoms. The predicted molar refractivity (Wildman–Crippen MR) is 85.3 cm³/mol. The van der Waals surface area contributed by atoms with Crippen LogP contribution in [0.4, 0.5) is 0 Å². The number of rotatable bonds is 3. The molecule has 0 atom stereocenters. The zero-order valence-corrected chi connectivity index (χ0v) is 12.7. The largest absolute Gasteiger partial charge is 0.439 e. The van der Waals surface area contributed by atoms with Crippen LogP contribution in [-0.4, -0.2) is 9.97 Å². The number of hydrogen-bond donors (Lipinski definition) is 1. The minimum absolute atomic E-state index is 0.00928. The molecule has 0 unspecified atom stereocenters. The molecular weight excluding hydrogens is 268 g/mol. The van der Waals surface area contributed by atoms with Crippen molar-refractivity contribution in [1.82, 2.24) is 4.98 Å². The fourth-order valence-electron chi connectivity index (χ4n) is 1.87. The average Bonchev–Trinajstić information content (AvgIpc) is 2.38. The minimum Gasteiger partial charge on any atom is -0.439 e. The lowest BCUT2D eigenvalue weighted by molar-refractivity contribution is 0.440. The van der Waals surface area contributed by atoms with Crippen molar-refractivity contribution >= 4 is 17.2 Å². The Morgan fingerprint density at radius 2 is 1.85 bits per heavy atom. The van der Waals surface area contributed by atoms with E-state index in [9.17, 15) is 0 Å². The molecule has 2 N–H and O–H groups in total. The first kappa shape index (κ1) is 14.5. The SMILES string of the molecule is CC(C)(C)c1ccccc1Oc1ccc(C(N)=S)cn1. The Bertz CT molecular complexity index is 615. The van der Waals surface area contributed by atoms with Gasteiger partial charge in [0.25, 0.3) is 0 Å². The molecule has 0 saturated carbocycles. The van der Waals surface area contributed by atoms with E-state index in [1.165, 1.54) is 0 Å². The first-order valence-corrected chi connectivity index (χ1v) is 6.82.